The number of anilines is 2. The summed E-state index contributed by atoms with van der Waals surface area (Å²) >= 11 is 1.41. The molecule has 1 aromatic heterocycles. The molecule has 0 bridgehead atoms. The second-order valence-electron chi connectivity index (χ2n) is 7.77. The molecule has 0 fully saturated rings. The number of carbonyl (C=O) groups is 2. The van der Waals surface area contributed by atoms with Crippen molar-refractivity contribution in [1.82, 2.24) is 0 Å². The van der Waals surface area contributed by atoms with E-state index in [-0.39, 0.29) is 11.8 Å². The Labute approximate surface area is 169 Å². The van der Waals surface area contributed by atoms with Crippen LogP contribution in [-0.4, -0.2) is 11.8 Å². The zero-order valence-corrected chi connectivity index (χ0v) is 17.3. The van der Waals surface area contributed by atoms with Crippen molar-refractivity contribution in [3.05, 3.63) is 70.4 Å². The second kappa shape index (κ2) is 7.98. The molecule has 0 unspecified atom stereocenters. The summed E-state index contributed by atoms with van der Waals surface area (Å²) < 4.78 is 0. The number of amides is 2. The minimum Gasteiger partial charge on any atom is -0.326 e. The number of rotatable bonds is 4. The van der Waals surface area contributed by atoms with E-state index in [1.54, 1.807) is 6.07 Å². The van der Waals surface area contributed by atoms with E-state index in [1.165, 1.54) is 16.9 Å². The lowest BCUT2D eigenvalue weighted by Crippen LogP contribution is -2.27. The summed E-state index contributed by atoms with van der Waals surface area (Å²) in [6.07, 6.45) is 0. The van der Waals surface area contributed by atoms with Crippen molar-refractivity contribution in [3.63, 3.8) is 0 Å². The van der Waals surface area contributed by atoms with Gasteiger partial charge in [0.1, 0.15) is 0 Å². The summed E-state index contributed by atoms with van der Waals surface area (Å²) in [4.78, 5) is 25.7. The standard InChI is InChI=1S/C23H24N2O2S/c1-15-8-10-16(11-9-15)19-12-13-28-20(19)21(26)24-17-6-5-7-18(14-17)25-22(27)23(2,3)4/h5-14H,1-4H3,(H,24,26)(H,25,27). The Morgan fingerprint density at radius 3 is 2.18 bits per heavy atom. The van der Waals surface area contributed by atoms with E-state index in [0.29, 0.717) is 16.3 Å². The summed E-state index contributed by atoms with van der Waals surface area (Å²) in [5, 5.41) is 7.74. The number of thiophene rings is 1. The van der Waals surface area contributed by atoms with E-state index in [2.05, 4.69) is 10.6 Å². The van der Waals surface area contributed by atoms with Crippen LogP contribution in [0.1, 0.15) is 36.0 Å². The van der Waals surface area contributed by atoms with E-state index in [9.17, 15) is 9.59 Å². The van der Waals surface area contributed by atoms with Crippen LogP contribution in [0.4, 0.5) is 11.4 Å². The van der Waals surface area contributed by atoms with Crippen molar-refractivity contribution in [1.29, 1.82) is 0 Å². The molecule has 144 valence electrons. The Balaban J connectivity index is 1.78. The molecule has 0 radical (unpaired) electrons. The van der Waals surface area contributed by atoms with Gasteiger partial charge in [-0.25, -0.2) is 0 Å². The van der Waals surface area contributed by atoms with Gasteiger partial charge >= 0.3 is 0 Å². The topological polar surface area (TPSA) is 58.2 Å². The third-order valence-corrected chi connectivity index (χ3v) is 5.21. The smallest absolute Gasteiger partial charge is 0.266 e. The molecule has 3 rings (SSSR count). The predicted octanol–water partition coefficient (Wildman–Crippen LogP) is 5.96. The molecule has 1 heterocycles. The summed E-state index contributed by atoms with van der Waals surface area (Å²) in [7, 11) is 0. The second-order valence-corrected chi connectivity index (χ2v) is 8.68. The molecule has 0 saturated heterocycles. The molecular formula is C23H24N2O2S. The van der Waals surface area contributed by atoms with Crippen LogP contribution in [0.3, 0.4) is 0 Å². The molecule has 0 saturated carbocycles. The molecule has 0 aliphatic heterocycles. The highest BCUT2D eigenvalue weighted by atomic mass is 32.1. The van der Waals surface area contributed by atoms with Crippen LogP contribution in [0.15, 0.2) is 60.0 Å². The Kier molecular flexibility index (Phi) is 5.66. The van der Waals surface area contributed by atoms with Gasteiger partial charge in [0.05, 0.1) is 4.88 Å². The first kappa shape index (κ1) is 19.8. The maximum absolute atomic E-state index is 12.8. The largest absolute Gasteiger partial charge is 0.326 e. The van der Waals surface area contributed by atoms with E-state index >= 15 is 0 Å². The number of hydrogen-bond acceptors (Lipinski definition) is 3. The van der Waals surface area contributed by atoms with Gasteiger partial charge in [-0.1, -0.05) is 56.7 Å². The summed E-state index contributed by atoms with van der Waals surface area (Å²) in [5.74, 6) is -0.235. The Morgan fingerprint density at radius 2 is 1.54 bits per heavy atom. The maximum atomic E-state index is 12.8. The van der Waals surface area contributed by atoms with Crippen molar-refractivity contribution in [2.24, 2.45) is 5.41 Å². The van der Waals surface area contributed by atoms with Gasteiger partial charge in [0.25, 0.3) is 5.91 Å². The van der Waals surface area contributed by atoms with E-state index in [0.717, 1.165) is 11.1 Å². The van der Waals surface area contributed by atoms with Gasteiger partial charge in [-0.05, 0) is 42.1 Å². The van der Waals surface area contributed by atoms with Crippen molar-refractivity contribution < 1.29 is 9.59 Å². The van der Waals surface area contributed by atoms with Crippen LogP contribution in [0.25, 0.3) is 11.1 Å². The van der Waals surface area contributed by atoms with Crippen molar-refractivity contribution in [3.8, 4) is 11.1 Å². The number of hydrogen-bond donors (Lipinski definition) is 2. The molecule has 0 atom stereocenters. The minimum atomic E-state index is -0.487. The number of aryl methyl sites for hydroxylation is 1. The van der Waals surface area contributed by atoms with Gasteiger partial charge in [-0.15, -0.1) is 11.3 Å². The van der Waals surface area contributed by atoms with Gasteiger partial charge < -0.3 is 10.6 Å². The third kappa shape index (κ3) is 4.67. The highest BCUT2D eigenvalue weighted by molar-refractivity contribution is 7.12. The van der Waals surface area contributed by atoms with Crippen molar-refractivity contribution in [2.45, 2.75) is 27.7 Å². The molecule has 0 aliphatic rings. The first-order valence-corrected chi connectivity index (χ1v) is 9.99. The lowest BCUT2D eigenvalue weighted by atomic mass is 9.95. The van der Waals surface area contributed by atoms with Crippen molar-refractivity contribution >= 4 is 34.5 Å². The molecule has 2 N–H and O–H groups in total. The van der Waals surface area contributed by atoms with E-state index < -0.39 is 5.41 Å². The molecule has 0 spiro atoms. The van der Waals surface area contributed by atoms with E-state index in [1.807, 2.05) is 81.6 Å². The maximum Gasteiger partial charge on any atom is 0.266 e. The van der Waals surface area contributed by atoms with Gasteiger partial charge in [0, 0.05) is 22.4 Å². The Bertz CT molecular complexity index is 998. The SMILES string of the molecule is Cc1ccc(-c2ccsc2C(=O)Nc2cccc(NC(=O)C(C)(C)C)c2)cc1. The normalized spacial score (nSPS) is 11.1. The zero-order valence-electron chi connectivity index (χ0n) is 16.5. The fourth-order valence-corrected chi connectivity index (χ4v) is 3.44. The lowest BCUT2D eigenvalue weighted by Gasteiger charge is -2.18. The third-order valence-electron chi connectivity index (χ3n) is 4.29. The highest BCUT2D eigenvalue weighted by Crippen LogP contribution is 2.29. The first-order chi connectivity index (χ1) is 13.2. The van der Waals surface area contributed by atoms with Crippen LogP contribution in [0.5, 0.6) is 0 Å². The van der Waals surface area contributed by atoms with Gasteiger partial charge in [-0.3, -0.25) is 9.59 Å². The molecule has 5 heteroatoms. The van der Waals surface area contributed by atoms with Crippen LogP contribution >= 0.6 is 11.3 Å². The van der Waals surface area contributed by atoms with Gasteiger partial charge in [-0.2, -0.15) is 0 Å². The minimum absolute atomic E-state index is 0.0732. The van der Waals surface area contributed by atoms with Gasteiger partial charge in [0.2, 0.25) is 5.91 Å². The van der Waals surface area contributed by atoms with E-state index in [4.69, 9.17) is 0 Å². The Morgan fingerprint density at radius 1 is 0.893 bits per heavy atom. The molecule has 0 aliphatic carbocycles. The summed E-state index contributed by atoms with van der Waals surface area (Å²) in [6, 6.07) is 17.3. The zero-order chi connectivity index (χ0) is 20.3. The van der Waals surface area contributed by atoms with Gasteiger partial charge in [0.15, 0.2) is 0 Å². The Hall–Kier alpha value is -2.92. The summed E-state index contributed by atoms with van der Waals surface area (Å²) in [6.45, 7) is 7.61. The van der Waals surface area contributed by atoms with Crippen LogP contribution in [0, 0.1) is 12.3 Å². The fraction of sp³-hybridized carbons (Fsp3) is 0.217. The summed E-state index contributed by atoms with van der Waals surface area (Å²) in [5.41, 5.74) is 3.92. The average Bonchev–Trinajstić information content (AvgIpc) is 3.12. The van der Waals surface area contributed by atoms with Crippen LogP contribution in [-0.2, 0) is 4.79 Å². The number of carbonyl (C=O) groups excluding carboxylic acids is 2. The fourth-order valence-electron chi connectivity index (χ4n) is 2.63. The molecule has 4 nitrogen and oxygen atoms in total. The molecule has 3 aromatic rings. The molecule has 2 aromatic carbocycles. The average molecular weight is 393 g/mol. The van der Waals surface area contributed by atoms with Crippen molar-refractivity contribution in [2.75, 3.05) is 10.6 Å². The number of nitrogens with one attached hydrogen (secondary N) is 2. The quantitative estimate of drug-likeness (QED) is 0.575. The van der Waals surface area contributed by atoms with Crippen LogP contribution in [0.2, 0.25) is 0 Å². The molecule has 28 heavy (non-hydrogen) atoms. The first-order valence-electron chi connectivity index (χ1n) is 9.11. The molecule has 2 amide bonds. The number of benzene rings is 2. The highest BCUT2D eigenvalue weighted by Gasteiger charge is 2.21. The molecular weight excluding hydrogens is 368 g/mol. The predicted molar refractivity (Wildman–Crippen MR) is 117 cm³/mol. The van der Waals surface area contributed by atoms with Crippen LogP contribution < -0.4 is 10.6 Å². The monoisotopic (exact) mass is 392 g/mol. The lowest BCUT2D eigenvalue weighted by molar-refractivity contribution is -0.123.